The van der Waals surface area contributed by atoms with Crippen molar-refractivity contribution in [2.45, 2.75) is 6.92 Å². The van der Waals surface area contributed by atoms with Crippen LogP contribution < -0.4 is 5.32 Å². The lowest BCUT2D eigenvalue weighted by atomic mass is 10.2. The lowest BCUT2D eigenvalue weighted by Gasteiger charge is -2.05. The van der Waals surface area contributed by atoms with Crippen molar-refractivity contribution in [3.05, 3.63) is 48.7 Å². The molecular weight excluding hydrogens is 369 g/mol. The Balaban J connectivity index is 2.15. The fourth-order valence-corrected chi connectivity index (χ4v) is 2.81. The summed E-state index contributed by atoms with van der Waals surface area (Å²) in [4.78, 5) is 11.9. The molecule has 0 bridgehead atoms. The average molecular weight is 378 g/mol. The number of hydrogen-bond acceptors (Lipinski definition) is 2. The predicted molar refractivity (Wildman–Crippen MR) is 81.2 cm³/mol. The van der Waals surface area contributed by atoms with E-state index < -0.39 is 0 Å². The van der Waals surface area contributed by atoms with Crippen molar-refractivity contribution in [2.24, 2.45) is 0 Å². The maximum atomic E-state index is 11.9. The van der Waals surface area contributed by atoms with E-state index in [4.69, 9.17) is 11.6 Å². The summed E-state index contributed by atoms with van der Waals surface area (Å²) in [6, 6.07) is 7.34. The summed E-state index contributed by atoms with van der Waals surface area (Å²) < 4.78 is 1.09. The molecule has 0 aliphatic rings. The Morgan fingerprint density at radius 3 is 2.76 bits per heavy atom. The molecule has 2 aromatic rings. The number of benzene rings is 1. The molecule has 1 heterocycles. The Kier molecular flexibility index (Phi) is 4.06. The molecule has 0 aliphatic carbocycles. The van der Waals surface area contributed by atoms with Crippen LogP contribution in [0.15, 0.2) is 29.6 Å². The molecule has 1 N–H and O–H groups in total. The van der Waals surface area contributed by atoms with Gasteiger partial charge < -0.3 is 5.32 Å². The lowest BCUT2D eigenvalue weighted by Crippen LogP contribution is -2.10. The van der Waals surface area contributed by atoms with Gasteiger partial charge in [-0.2, -0.15) is 0 Å². The highest BCUT2D eigenvalue weighted by Gasteiger charge is 2.08. The van der Waals surface area contributed by atoms with Crippen LogP contribution in [-0.2, 0) is 0 Å². The number of nitrogens with one attached hydrogen (secondary N) is 1. The van der Waals surface area contributed by atoms with Crippen LogP contribution in [0, 0.1) is 9.81 Å². The van der Waals surface area contributed by atoms with Crippen molar-refractivity contribution in [2.75, 3.05) is 5.32 Å². The van der Waals surface area contributed by atoms with Gasteiger partial charge in [-0.1, -0.05) is 17.7 Å². The van der Waals surface area contributed by atoms with E-state index in [2.05, 4.69) is 27.9 Å². The number of aryl methyl sites for hydroxylation is 1. The standard InChI is InChI=1S/C12H9ClINOS/c1-7-2-3-9(5-10(7)13)15-12(16)8-4-11(14)17-6-8/h2-6H,1H3,(H,15,16). The van der Waals surface area contributed by atoms with Gasteiger partial charge in [-0.05, 0) is 53.3 Å². The summed E-state index contributed by atoms with van der Waals surface area (Å²) in [5, 5.41) is 5.31. The van der Waals surface area contributed by atoms with Crippen molar-refractivity contribution < 1.29 is 4.79 Å². The van der Waals surface area contributed by atoms with Gasteiger partial charge >= 0.3 is 0 Å². The van der Waals surface area contributed by atoms with Crippen LogP contribution in [0.4, 0.5) is 5.69 Å². The smallest absolute Gasteiger partial charge is 0.256 e. The molecular formula is C12H9ClINOS. The fraction of sp³-hybridized carbons (Fsp3) is 0.0833. The van der Waals surface area contributed by atoms with E-state index in [1.54, 1.807) is 17.4 Å². The number of amides is 1. The maximum absolute atomic E-state index is 11.9. The van der Waals surface area contributed by atoms with E-state index in [0.717, 1.165) is 8.45 Å². The van der Waals surface area contributed by atoms with E-state index >= 15 is 0 Å². The molecule has 0 saturated carbocycles. The van der Waals surface area contributed by atoms with E-state index in [-0.39, 0.29) is 5.91 Å². The molecule has 2 nitrogen and oxygen atoms in total. The van der Waals surface area contributed by atoms with Gasteiger partial charge in [0, 0.05) is 16.1 Å². The van der Waals surface area contributed by atoms with Gasteiger partial charge in [0.25, 0.3) is 5.91 Å². The SMILES string of the molecule is Cc1ccc(NC(=O)c2csc(I)c2)cc1Cl. The first-order valence-electron chi connectivity index (χ1n) is 4.88. The average Bonchev–Trinajstić information content (AvgIpc) is 2.70. The summed E-state index contributed by atoms with van der Waals surface area (Å²) in [5.74, 6) is -0.107. The van der Waals surface area contributed by atoms with Crippen molar-refractivity contribution in [1.82, 2.24) is 0 Å². The quantitative estimate of drug-likeness (QED) is 0.763. The van der Waals surface area contributed by atoms with Crippen molar-refractivity contribution in [3.8, 4) is 0 Å². The minimum absolute atomic E-state index is 0.107. The third kappa shape index (κ3) is 3.20. The van der Waals surface area contributed by atoms with Crippen LogP contribution in [0.1, 0.15) is 15.9 Å². The van der Waals surface area contributed by atoms with Gasteiger partial charge in [0.2, 0.25) is 0 Å². The summed E-state index contributed by atoms with van der Waals surface area (Å²) >= 11 is 9.74. The Labute approximate surface area is 122 Å². The zero-order chi connectivity index (χ0) is 12.4. The van der Waals surface area contributed by atoms with Crippen molar-refractivity contribution in [3.63, 3.8) is 0 Å². The predicted octanol–water partition coefficient (Wildman–Crippen LogP) is 4.57. The highest BCUT2D eigenvalue weighted by Crippen LogP contribution is 2.22. The Hall–Kier alpha value is -0.590. The zero-order valence-corrected chi connectivity index (χ0v) is 12.7. The number of hydrogen-bond donors (Lipinski definition) is 1. The van der Waals surface area contributed by atoms with Crippen molar-refractivity contribution >= 4 is 57.1 Å². The van der Waals surface area contributed by atoms with Gasteiger partial charge in [0.1, 0.15) is 0 Å². The number of thiophene rings is 1. The Morgan fingerprint density at radius 1 is 1.41 bits per heavy atom. The van der Waals surface area contributed by atoms with Crippen LogP contribution in [0.3, 0.4) is 0 Å². The summed E-state index contributed by atoms with van der Waals surface area (Å²) in [6.07, 6.45) is 0. The van der Waals surface area contributed by atoms with E-state index in [0.29, 0.717) is 16.3 Å². The second-order valence-electron chi connectivity index (χ2n) is 3.56. The minimum atomic E-state index is -0.107. The Morgan fingerprint density at radius 2 is 2.18 bits per heavy atom. The molecule has 1 amide bonds. The monoisotopic (exact) mass is 377 g/mol. The fourth-order valence-electron chi connectivity index (χ4n) is 1.30. The number of anilines is 1. The molecule has 0 radical (unpaired) electrons. The van der Waals surface area contributed by atoms with Gasteiger partial charge in [-0.25, -0.2) is 0 Å². The molecule has 0 fully saturated rings. The van der Waals surface area contributed by atoms with Gasteiger partial charge in [-0.15, -0.1) is 11.3 Å². The molecule has 0 atom stereocenters. The van der Waals surface area contributed by atoms with E-state index in [1.807, 2.05) is 30.5 Å². The topological polar surface area (TPSA) is 29.1 Å². The molecule has 88 valence electrons. The Bertz CT molecular complexity index is 567. The maximum Gasteiger partial charge on any atom is 0.256 e. The summed E-state index contributed by atoms with van der Waals surface area (Å²) in [6.45, 7) is 1.93. The molecule has 0 unspecified atom stereocenters. The highest BCUT2D eigenvalue weighted by atomic mass is 127. The second kappa shape index (κ2) is 5.37. The molecule has 0 spiro atoms. The second-order valence-corrected chi connectivity index (χ2v) is 6.77. The largest absolute Gasteiger partial charge is 0.322 e. The molecule has 2 rings (SSSR count). The summed E-state index contributed by atoms with van der Waals surface area (Å²) in [7, 11) is 0. The third-order valence-corrected chi connectivity index (χ3v) is 4.46. The van der Waals surface area contributed by atoms with Crippen molar-refractivity contribution in [1.29, 1.82) is 0 Å². The van der Waals surface area contributed by atoms with Crippen LogP contribution in [0.5, 0.6) is 0 Å². The first kappa shape index (κ1) is 12.9. The number of rotatable bonds is 2. The van der Waals surface area contributed by atoms with Gasteiger partial charge in [0.05, 0.1) is 8.45 Å². The van der Waals surface area contributed by atoms with E-state index in [9.17, 15) is 4.79 Å². The van der Waals surface area contributed by atoms with Gasteiger partial charge in [-0.3, -0.25) is 4.79 Å². The summed E-state index contributed by atoms with van der Waals surface area (Å²) in [5.41, 5.74) is 2.39. The van der Waals surface area contributed by atoms with Crippen LogP contribution in [0.2, 0.25) is 5.02 Å². The first-order valence-corrected chi connectivity index (χ1v) is 7.21. The van der Waals surface area contributed by atoms with Gasteiger partial charge in [0.15, 0.2) is 0 Å². The lowest BCUT2D eigenvalue weighted by molar-refractivity contribution is 0.102. The molecule has 1 aromatic carbocycles. The molecule has 1 aromatic heterocycles. The van der Waals surface area contributed by atoms with Crippen LogP contribution in [-0.4, -0.2) is 5.91 Å². The normalized spacial score (nSPS) is 10.3. The first-order chi connectivity index (χ1) is 8.06. The van der Waals surface area contributed by atoms with E-state index in [1.165, 1.54) is 0 Å². The van der Waals surface area contributed by atoms with Crippen LogP contribution >= 0.6 is 45.5 Å². The van der Waals surface area contributed by atoms with Crippen LogP contribution in [0.25, 0.3) is 0 Å². The number of carbonyl (C=O) groups excluding carboxylic acids is 1. The molecule has 0 saturated heterocycles. The third-order valence-electron chi connectivity index (χ3n) is 2.26. The zero-order valence-electron chi connectivity index (χ0n) is 8.96. The molecule has 0 aliphatic heterocycles. The molecule has 17 heavy (non-hydrogen) atoms. The minimum Gasteiger partial charge on any atom is -0.322 e. The highest BCUT2D eigenvalue weighted by molar-refractivity contribution is 14.1. The number of halogens is 2. The number of carbonyl (C=O) groups is 1. The molecule has 5 heteroatoms.